The summed E-state index contributed by atoms with van der Waals surface area (Å²) in [6, 6.07) is 3.95. The van der Waals surface area contributed by atoms with Crippen molar-refractivity contribution in [3.8, 4) is 0 Å². The monoisotopic (exact) mass is 380 g/mol. The summed E-state index contributed by atoms with van der Waals surface area (Å²) in [5, 5.41) is 10.7. The highest BCUT2D eigenvalue weighted by molar-refractivity contribution is 5.85. The van der Waals surface area contributed by atoms with E-state index in [1.807, 2.05) is 0 Å². The Labute approximate surface area is 144 Å². The third-order valence-corrected chi connectivity index (χ3v) is 3.19. The van der Waals surface area contributed by atoms with Crippen LogP contribution in [0, 0.1) is 17.0 Å². The molecule has 4 nitrogen and oxygen atoms in total. The van der Waals surface area contributed by atoms with Crippen molar-refractivity contribution in [2.75, 3.05) is 0 Å². The van der Waals surface area contributed by atoms with Gasteiger partial charge in [-0.2, -0.15) is 26.3 Å². The Hall–Kier alpha value is -2.65. The average Bonchev–Trinajstić information content (AvgIpc) is 2.43. The Morgan fingerprint density at radius 3 is 2.23 bits per heavy atom. The molecule has 0 bridgehead atoms. The second kappa shape index (κ2) is 7.71. The summed E-state index contributed by atoms with van der Waals surface area (Å²) in [7, 11) is 0. The van der Waals surface area contributed by atoms with Gasteiger partial charge >= 0.3 is 12.4 Å². The van der Waals surface area contributed by atoms with Crippen LogP contribution in [-0.4, -0.2) is 23.0 Å². The number of aliphatic imine (C=N–C) groups is 1. The quantitative estimate of drug-likeness (QED) is 0.224. The Morgan fingerprint density at radius 1 is 1.23 bits per heavy atom. The summed E-state index contributed by atoms with van der Waals surface area (Å²) in [4.78, 5) is 13.4. The van der Waals surface area contributed by atoms with Gasteiger partial charge in [0.05, 0.1) is 10.5 Å². The van der Waals surface area contributed by atoms with Crippen LogP contribution in [0.2, 0.25) is 0 Å². The smallest absolute Gasteiger partial charge is 0.258 e. The first kappa shape index (κ1) is 21.4. The fourth-order valence-corrected chi connectivity index (χ4v) is 2.00. The summed E-state index contributed by atoms with van der Waals surface area (Å²) < 4.78 is 76.0. The number of nitro benzene ring substituents is 1. The molecule has 1 rings (SSSR count). The molecular formula is C16H14F6N2O2. The van der Waals surface area contributed by atoms with Gasteiger partial charge in [-0.3, -0.25) is 15.1 Å². The van der Waals surface area contributed by atoms with Crippen molar-refractivity contribution in [1.29, 1.82) is 0 Å². The van der Waals surface area contributed by atoms with Crippen LogP contribution >= 0.6 is 0 Å². The SMILES string of the molecule is C=C(/C=C(\N=C(/C)Cc1ccc([N+](=O)[O-])c(C)c1)C(F)(F)F)C(F)(F)F. The molecule has 0 aliphatic rings. The number of alkyl halides is 6. The number of hydrogen-bond donors (Lipinski definition) is 0. The minimum Gasteiger partial charge on any atom is -0.258 e. The van der Waals surface area contributed by atoms with Crippen LogP contribution in [0.4, 0.5) is 32.0 Å². The third-order valence-electron chi connectivity index (χ3n) is 3.19. The van der Waals surface area contributed by atoms with Crippen molar-refractivity contribution < 1.29 is 31.3 Å². The Morgan fingerprint density at radius 2 is 1.81 bits per heavy atom. The highest BCUT2D eigenvalue weighted by atomic mass is 19.4. The summed E-state index contributed by atoms with van der Waals surface area (Å²) in [6.07, 6.45) is -10.4. The maximum Gasteiger partial charge on any atom is 0.433 e. The number of aryl methyl sites for hydroxylation is 1. The van der Waals surface area contributed by atoms with Gasteiger partial charge in [0.25, 0.3) is 5.69 Å². The van der Waals surface area contributed by atoms with Gasteiger partial charge in [0.1, 0.15) is 5.70 Å². The zero-order chi connectivity index (χ0) is 20.3. The van der Waals surface area contributed by atoms with Gasteiger partial charge in [-0.15, -0.1) is 0 Å². The molecule has 0 amide bonds. The first-order valence-electron chi connectivity index (χ1n) is 7.05. The number of allylic oxidation sites excluding steroid dienone is 3. The first-order chi connectivity index (χ1) is 11.7. The summed E-state index contributed by atoms with van der Waals surface area (Å²) in [5.74, 6) is 0. The van der Waals surface area contributed by atoms with E-state index in [1.165, 1.54) is 32.0 Å². The van der Waals surface area contributed by atoms with Crippen molar-refractivity contribution in [2.45, 2.75) is 32.6 Å². The standard InChI is InChI=1S/C16H14F6N2O2/c1-9-6-12(4-5-13(9)24(25)26)8-11(3)23-14(16(20,21)22)7-10(2)15(17,18)19/h4-7H,2,8H2,1,3H3/b14-7-,23-11+. The van der Waals surface area contributed by atoms with Crippen LogP contribution in [0.1, 0.15) is 18.1 Å². The normalized spacial score (nSPS) is 13.7. The molecule has 0 N–H and O–H groups in total. The van der Waals surface area contributed by atoms with Gasteiger partial charge in [-0.1, -0.05) is 12.6 Å². The molecule has 0 saturated heterocycles. The van der Waals surface area contributed by atoms with Gasteiger partial charge in [0.15, 0.2) is 0 Å². The number of halogens is 6. The maximum absolute atomic E-state index is 12.9. The van der Waals surface area contributed by atoms with Gasteiger partial charge in [0.2, 0.25) is 0 Å². The van der Waals surface area contributed by atoms with E-state index in [4.69, 9.17) is 0 Å². The predicted octanol–water partition coefficient (Wildman–Crippen LogP) is 5.47. The molecule has 0 aliphatic heterocycles. The molecular weight excluding hydrogens is 366 g/mol. The molecule has 0 aliphatic carbocycles. The molecule has 1 aromatic carbocycles. The summed E-state index contributed by atoms with van der Waals surface area (Å²) in [5.41, 5.74) is -2.93. The Kier molecular flexibility index (Phi) is 6.34. The van der Waals surface area contributed by atoms with Crippen LogP contribution in [0.5, 0.6) is 0 Å². The lowest BCUT2D eigenvalue weighted by Gasteiger charge is -2.12. The van der Waals surface area contributed by atoms with Gasteiger partial charge in [-0.25, -0.2) is 0 Å². The lowest BCUT2D eigenvalue weighted by atomic mass is 10.1. The number of benzene rings is 1. The van der Waals surface area contributed by atoms with E-state index in [9.17, 15) is 36.5 Å². The van der Waals surface area contributed by atoms with Crippen molar-refractivity contribution in [3.63, 3.8) is 0 Å². The largest absolute Gasteiger partial charge is 0.433 e. The zero-order valence-corrected chi connectivity index (χ0v) is 13.7. The van der Waals surface area contributed by atoms with Gasteiger partial charge in [0, 0.05) is 23.8 Å². The van der Waals surface area contributed by atoms with E-state index in [-0.39, 0.29) is 23.9 Å². The molecule has 0 spiro atoms. The van der Waals surface area contributed by atoms with E-state index in [0.29, 0.717) is 11.1 Å². The fourth-order valence-electron chi connectivity index (χ4n) is 2.00. The number of nitro groups is 1. The molecule has 142 valence electrons. The number of rotatable bonds is 5. The van der Waals surface area contributed by atoms with Crippen LogP contribution in [0.15, 0.2) is 47.1 Å². The maximum atomic E-state index is 12.9. The van der Waals surface area contributed by atoms with Crippen LogP contribution in [0.3, 0.4) is 0 Å². The Bertz CT molecular complexity index is 776. The minimum atomic E-state index is -5.10. The predicted molar refractivity (Wildman–Crippen MR) is 84.0 cm³/mol. The minimum absolute atomic E-state index is 0.114. The van der Waals surface area contributed by atoms with Crippen LogP contribution in [-0.2, 0) is 6.42 Å². The number of nitrogens with zero attached hydrogens (tertiary/aromatic N) is 2. The van der Waals surface area contributed by atoms with E-state index < -0.39 is 28.5 Å². The molecule has 0 saturated carbocycles. The van der Waals surface area contributed by atoms with Gasteiger partial charge in [-0.05, 0) is 31.6 Å². The highest BCUT2D eigenvalue weighted by Gasteiger charge is 2.37. The van der Waals surface area contributed by atoms with Crippen LogP contribution in [0.25, 0.3) is 0 Å². The first-order valence-corrected chi connectivity index (χ1v) is 7.05. The van der Waals surface area contributed by atoms with Crippen LogP contribution < -0.4 is 0 Å². The number of hydrogen-bond acceptors (Lipinski definition) is 3. The third kappa shape index (κ3) is 6.01. The zero-order valence-electron chi connectivity index (χ0n) is 13.7. The molecule has 1 aromatic rings. The summed E-state index contributed by atoms with van der Waals surface area (Å²) in [6.45, 7) is 5.25. The van der Waals surface area contributed by atoms with Crippen molar-refractivity contribution in [3.05, 3.63) is 63.4 Å². The highest BCUT2D eigenvalue weighted by Crippen LogP contribution is 2.32. The van der Waals surface area contributed by atoms with E-state index in [1.54, 1.807) is 0 Å². The van der Waals surface area contributed by atoms with E-state index >= 15 is 0 Å². The second-order valence-corrected chi connectivity index (χ2v) is 5.45. The molecule has 26 heavy (non-hydrogen) atoms. The van der Waals surface area contributed by atoms with E-state index in [0.717, 1.165) is 0 Å². The topological polar surface area (TPSA) is 55.5 Å². The van der Waals surface area contributed by atoms with Crippen molar-refractivity contribution >= 4 is 11.4 Å². The van der Waals surface area contributed by atoms with Crippen molar-refractivity contribution in [2.24, 2.45) is 4.99 Å². The lowest BCUT2D eigenvalue weighted by molar-refractivity contribution is -0.385. The van der Waals surface area contributed by atoms with E-state index in [2.05, 4.69) is 11.6 Å². The molecule has 0 radical (unpaired) electrons. The lowest BCUT2D eigenvalue weighted by Crippen LogP contribution is -2.16. The fraction of sp³-hybridized carbons (Fsp3) is 0.312. The molecule has 0 fully saturated rings. The molecule has 0 atom stereocenters. The second-order valence-electron chi connectivity index (χ2n) is 5.45. The summed E-state index contributed by atoms with van der Waals surface area (Å²) >= 11 is 0. The Balaban J connectivity index is 3.15. The molecule has 0 unspecified atom stereocenters. The molecule has 0 aromatic heterocycles. The molecule has 0 heterocycles. The molecule has 10 heteroatoms. The average molecular weight is 380 g/mol. The van der Waals surface area contributed by atoms with Crippen molar-refractivity contribution in [1.82, 2.24) is 0 Å². The van der Waals surface area contributed by atoms with Gasteiger partial charge < -0.3 is 0 Å².